The zero-order valence-corrected chi connectivity index (χ0v) is 19.9. The number of urea groups is 1. The molecule has 0 aliphatic carbocycles. The summed E-state index contributed by atoms with van der Waals surface area (Å²) in [5.74, 6) is 0.0346. The van der Waals surface area contributed by atoms with E-state index in [2.05, 4.69) is 22.0 Å². The molecule has 3 N–H and O–H groups in total. The van der Waals surface area contributed by atoms with E-state index in [4.69, 9.17) is 23.2 Å². The molecule has 3 atom stereocenters. The van der Waals surface area contributed by atoms with Crippen LogP contribution in [0.5, 0.6) is 0 Å². The number of hydrogen-bond donors (Lipinski definition) is 3. The molecule has 170 valence electrons. The van der Waals surface area contributed by atoms with Gasteiger partial charge in [0.05, 0.1) is 26.7 Å². The van der Waals surface area contributed by atoms with Crippen molar-refractivity contribution in [3.8, 4) is 0 Å². The largest absolute Gasteiger partial charge is 0.331 e. The van der Waals surface area contributed by atoms with Crippen LogP contribution in [0.2, 0.25) is 10.0 Å². The standard InChI is InChI=1S/C23H25Cl2N3O3S/c1-14(20-3-2-4-21(24)22(20)25)26-23(29)28-16-7-9-19(10-8-16)32(30,31)13-15-11-17-5-6-18(12-15)27-17/h2-4,7-11,14,17-18,27H,5-6,12-13H2,1H3,(H2,26,28,29). The maximum Gasteiger partial charge on any atom is 0.319 e. The van der Waals surface area contributed by atoms with Gasteiger partial charge in [0, 0.05) is 17.8 Å². The molecule has 2 aliphatic heterocycles. The highest BCUT2D eigenvalue weighted by molar-refractivity contribution is 7.91. The fraction of sp³-hybridized carbons (Fsp3) is 0.348. The smallest absolute Gasteiger partial charge is 0.319 e. The summed E-state index contributed by atoms with van der Waals surface area (Å²) in [7, 11) is -3.44. The highest BCUT2D eigenvalue weighted by Crippen LogP contribution is 2.30. The van der Waals surface area contributed by atoms with E-state index in [-0.39, 0.29) is 16.7 Å². The Morgan fingerprint density at radius 2 is 1.91 bits per heavy atom. The third-order valence-electron chi connectivity index (χ3n) is 5.86. The van der Waals surface area contributed by atoms with Crippen molar-refractivity contribution >= 4 is 44.8 Å². The first-order chi connectivity index (χ1) is 15.2. The molecular weight excluding hydrogens is 469 g/mol. The lowest BCUT2D eigenvalue weighted by atomic mass is 10.1. The maximum absolute atomic E-state index is 12.8. The number of nitrogens with one attached hydrogen (secondary N) is 3. The molecule has 1 fully saturated rings. The minimum absolute atomic E-state index is 0.0346. The van der Waals surface area contributed by atoms with Gasteiger partial charge in [0.1, 0.15) is 0 Å². The van der Waals surface area contributed by atoms with Crippen LogP contribution < -0.4 is 16.0 Å². The number of fused-ring (bicyclic) bond motifs is 2. The number of sulfone groups is 1. The van der Waals surface area contributed by atoms with Gasteiger partial charge in [-0.2, -0.15) is 0 Å². The molecule has 2 aromatic carbocycles. The summed E-state index contributed by atoms with van der Waals surface area (Å²) >= 11 is 12.3. The second-order valence-corrected chi connectivity index (χ2v) is 11.1. The van der Waals surface area contributed by atoms with Crippen LogP contribution in [0.4, 0.5) is 10.5 Å². The number of benzene rings is 2. The second kappa shape index (κ2) is 9.43. The topological polar surface area (TPSA) is 87.3 Å². The second-order valence-electron chi connectivity index (χ2n) is 8.32. The third-order valence-corrected chi connectivity index (χ3v) is 8.44. The SMILES string of the molecule is CC(NC(=O)Nc1ccc(S(=O)(=O)CC2=CC3CCC(C2)N3)cc1)c1cccc(Cl)c1Cl. The Morgan fingerprint density at radius 3 is 2.62 bits per heavy atom. The zero-order valence-electron chi connectivity index (χ0n) is 17.6. The van der Waals surface area contributed by atoms with Crippen LogP contribution in [-0.2, 0) is 9.84 Å². The van der Waals surface area contributed by atoms with Gasteiger partial charge in [-0.3, -0.25) is 0 Å². The summed E-state index contributed by atoms with van der Waals surface area (Å²) in [6.45, 7) is 1.80. The van der Waals surface area contributed by atoms with E-state index in [9.17, 15) is 13.2 Å². The van der Waals surface area contributed by atoms with E-state index in [0.717, 1.165) is 24.8 Å². The molecule has 32 heavy (non-hydrogen) atoms. The first-order valence-corrected chi connectivity index (χ1v) is 12.9. The Bertz CT molecular complexity index is 1150. The lowest BCUT2D eigenvalue weighted by Gasteiger charge is -2.21. The number of halogens is 2. The van der Waals surface area contributed by atoms with Gasteiger partial charge < -0.3 is 16.0 Å². The van der Waals surface area contributed by atoms with Gasteiger partial charge in [0.2, 0.25) is 0 Å². The molecule has 0 radical (unpaired) electrons. The number of rotatable bonds is 6. The van der Waals surface area contributed by atoms with Crippen molar-refractivity contribution in [3.05, 3.63) is 69.7 Å². The molecule has 2 heterocycles. The molecule has 1 saturated heterocycles. The molecule has 2 bridgehead atoms. The van der Waals surface area contributed by atoms with E-state index in [1.807, 2.05) is 0 Å². The normalized spacial score (nSPS) is 21.0. The van der Waals surface area contributed by atoms with Crippen molar-refractivity contribution in [1.82, 2.24) is 10.6 Å². The Kier molecular flexibility index (Phi) is 6.81. The van der Waals surface area contributed by atoms with Crippen molar-refractivity contribution in [2.45, 2.75) is 49.2 Å². The monoisotopic (exact) mass is 493 g/mol. The maximum atomic E-state index is 12.8. The first-order valence-electron chi connectivity index (χ1n) is 10.5. The molecule has 0 aromatic heterocycles. The molecular formula is C23H25Cl2N3O3S. The minimum atomic E-state index is -3.44. The zero-order chi connectivity index (χ0) is 22.9. The van der Waals surface area contributed by atoms with Crippen LogP contribution in [0.15, 0.2) is 59.0 Å². The highest BCUT2D eigenvalue weighted by Gasteiger charge is 2.30. The molecule has 2 aromatic rings. The number of anilines is 1. The van der Waals surface area contributed by atoms with Crippen LogP contribution in [0, 0.1) is 0 Å². The summed E-state index contributed by atoms with van der Waals surface area (Å²) in [4.78, 5) is 12.6. The summed E-state index contributed by atoms with van der Waals surface area (Å²) in [6, 6.07) is 11.4. The number of amides is 2. The number of hydrogen-bond acceptors (Lipinski definition) is 4. The molecule has 2 aliphatic rings. The Morgan fingerprint density at radius 1 is 1.16 bits per heavy atom. The van der Waals surface area contributed by atoms with Gasteiger partial charge in [-0.15, -0.1) is 0 Å². The van der Waals surface area contributed by atoms with Crippen molar-refractivity contribution in [2.24, 2.45) is 0 Å². The number of carbonyl (C=O) groups is 1. The summed E-state index contributed by atoms with van der Waals surface area (Å²) < 4.78 is 25.7. The van der Waals surface area contributed by atoms with E-state index < -0.39 is 15.9 Å². The molecule has 0 saturated carbocycles. The van der Waals surface area contributed by atoms with Gasteiger partial charge in [-0.25, -0.2) is 13.2 Å². The highest BCUT2D eigenvalue weighted by atomic mass is 35.5. The van der Waals surface area contributed by atoms with E-state index in [1.54, 1.807) is 37.3 Å². The quantitative estimate of drug-likeness (QED) is 0.488. The predicted octanol–water partition coefficient (Wildman–Crippen LogP) is 5.10. The molecule has 9 heteroatoms. The van der Waals surface area contributed by atoms with E-state index >= 15 is 0 Å². The molecule has 3 unspecified atom stereocenters. The lowest BCUT2D eigenvalue weighted by Crippen LogP contribution is -2.33. The summed E-state index contributed by atoms with van der Waals surface area (Å²) in [6.07, 6.45) is 5.01. The van der Waals surface area contributed by atoms with Gasteiger partial charge in [0.25, 0.3) is 0 Å². The number of carbonyl (C=O) groups excluding carboxylic acids is 1. The Balaban J connectivity index is 1.37. The van der Waals surface area contributed by atoms with Crippen molar-refractivity contribution in [1.29, 1.82) is 0 Å². The van der Waals surface area contributed by atoms with Gasteiger partial charge >= 0.3 is 6.03 Å². The van der Waals surface area contributed by atoms with Crippen LogP contribution >= 0.6 is 23.2 Å². The summed E-state index contributed by atoms with van der Waals surface area (Å²) in [5, 5.41) is 9.80. The van der Waals surface area contributed by atoms with Crippen molar-refractivity contribution < 1.29 is 13.2 Å². The molecule has 6 nitrogen and oxygen atoms in total. The Labute approximate surface area is 198 Å². The van der Waals surface area contributed by atoms with Gasteiger partial charge in [0.15, 0.2) is 9.84 Å². The molecule has 0 spiro atoms. The van der Waals surface area contributed by atoms with Crippen LogP contribution in [-0.4, -0.2) is 32.3 Å². The van der Waals surface area contributed by atoms with E-state index in [1.165, 1.54) is 12.1 Å². The average Bonchev–Trinajstić information content (AvgIpc) is 3.08. The molecule has 2 amide bonds. The van der Waals surface area contributed by atoms with E-state index in [0.29, 0.717) is 33.4 Å². The fourth-order valence-corrected chi connectivity index (χ4v) is 6.18. The van der Waals surface area contributed by atoms with Crippen molar-refractivity contribution in [2.75, 3.05) is 11.1 Å². The molecule has 4 rings (SSSR count). The predicted molar refractivity (Wildman–Crippen MR) is 128 cm³/mol. The fourth-order valence-electron chi connectivity index (χ4n) is 4.29. The minimum Gasteiger partial charge on any atom is -0.331 e. The van der Waals surface area contributed by atoms with Gasteiger partial charge in [-0.1, -0.05) is 47.0 Å². The average molecular weight is 494 g/mol. The Hall–Kier alpha value is -2.06. The third kappa shape index (κ3) is 5.29. The van der Waals surface area contributed by atoms with Crippen LogP contribution in [0.1, 0.15) is 37.8 Å². The van der Waals surface area contributed by atoms with Crippen molar-refractivity contribution in [3.63, 3.8) is 0 Å². The van der Waals surface area contributed by atoms with Gasteiger partial charge in [-0.05, 0) is 62.1 Å². The first kappa shape index (κ1) is 23.1. The van der Waals surface area contributed by atoms with Crippen LogP contribution in [0.25, 0.3) is 0 Å². The lowest BCUT2D eigenvalue weighted by molar-refractivity contribution is 0.249. The summed E-state index contributed by atoms with van der Waals surface area (Å²) in [5.41, 5.74) is 2.17. The van der Waals surface area contributed by atoms with Crippen LogP contribution in [0.3, 0.4) is 0 Å².